The van der Waals surface area contributed by atoms with Crippen molar-refractivity contribution in [3.8, 4) is 0 Å². The van der Waals surface area contributed by atoms with Gasteiger partial charge < -0.3 is 5.32 Å². The predicted molar refractivity (Wildman–Crippen MR) is 84.0 cm³/mol. The number of alkyl halides is 1. The highest BCUT2D eigenvalue weighted by Gasteiger charge is 2.05. The molecular formula is C17H18ClNO. The van der Waals surface area contributed by atoms with Crippen LogP contribution in [0.15, 0.2) is 54.6 Å². The van der Waals surface area contributed by atoms with Gasteiger partial charge in [0.2, 0.25) is 5.91 Å². The summed E-state index contributed by atoms with van der Waals surface area (Å²) in [5, 5.41) is 2.92. The Kier molecular flexibility index (Phi) is 5.63. The minimum absolute atomic E-state index is 0.0403. The third-order valence-corrected chi connectivity index (χ3v) is 3.44. The van der Waals surface area contributed by atoms with Crippen LogP contribution in [0.2, 0.25) is 0 Å². The van der Waals surface area contributed by atoms with Gasteiger partial charge in [-0.2, -0.15) is 0 Å². The van der Waals surface area contributed by atoms with Gasteiger partial charge in [-0.25, -0.2) is 0 Å². The molecule has 2 nitrogen and oxygen atoms in total. The van der Waals surface area contributed by atoms with E-state index in [1.54, 1.807) is 0 Å². The lowest BCUT2D eigenvalue weighted by atomic mass is 10.1. The van der Waals surface area contributed by atoms with Gasteiger partial charge in [0.05, 0.1) is 0 Å². The van der Waals surface area contributed by atoms with Crippen molar-refractivity contribution in [2.45, 2.75) is 25.1 Å². The normalized spacial score (nSPS) is 10.2. The molecule has 0 aromatic heterocycles. The summed E-state index contributed by atoms with van der Waals surface area (Å²) in [7, 11) is 0. The number of hydrogen-bond donors (Lipinski definition) is 1. The summed E-state index contributed by atoms with van der Waals surface area (Å²) in [4.78, 5) is 11.9. The largest absolute Gasteiger partial charge is 0.326 e. The first-order valence-electron chi connectivity index (χ1n) is 6.77. The second-order valence-corrected chi connectivity index (χ2v) is 4.95. The average Bonchev–Trinajstić information content (AvgIpc) is 2.49. The standard InChI is InChI=1S/C17H18ClNO/c18-13-15-10-4-5-11-16(15)19-17(20)12-6-9-14-7-2-1-3-8-14/h1-5,7-8,10-11H,6,9,12-13H2,(H,19,20). The Morgan fingerprint density at radius 3 is 2.45 bits per heavy atom. The van der Waals surface area contributed by atoms with Gasteiger partial charge in [-0.15, -0.1) is 11.6 Å². The maximum absolute atomic E-state index is 11.9. The monoisotopic (exact) mass is 287 g/mol. The SMILES string of the molecule is O=C(CCCc1ccccc1)Nc1ccccc1CCl. The van der Waals surface area contributed by atoms with Gasteiger partial charge in [-0.1, -0.05) is 48.5 Å². The minimum atomic E-state index is 0.0403. The van der Waals surface area contributed by atoms with Crippen molar-refractivity contribution in [2.24, 2.45) is 0 Å². The Hall–Kier alpha value is -1.80. The zero-order valence-corrected chi connectivity index (χ0v) is 12.1. The fraction of sp³-hybridized carbons (Fsp3) is 0.235. The molecule has 20 heavy (non-hydrogen) atoms. The fourth-order valence-corrected chi connectivity index (χ4v) is 2.30. The van der Waals surface area contributed by atoms with Crippen molar-refractivity contribution in [1.29, 1.82) is 0 Å². The van der Waals surface area contributed by atoms with Gasteiger partial charge >= 0.3 is 0 Å². The number of aryl methyl sites for hydroxylation is 1. The molecule has 3 heteroatoms. The summed E-state index contributed by atoms with van der Waals surface area (Å²) < 4.78 is 0. The molecule has 0 saturated heterocycles. The van der Waals surface area contributed by atoms with Gasteiger partial charge in [-0.05, 0) is 30.0 Å². The van der Waals surface area contributed by atoms with E-state index in [-0.39, 0.29) is 5.91 Å². The lowest BCUT2D eigenvalue weighted by molar-refractivity contribution is -0.116. The molecule has 2 aromatic carbocycles. The van der Waals surface area contributed by atoms with Crippen molar-refractivity contribution >= 4 is 23.2 Å². The number of para-hydroxylation sites is 1. The Labute approximate surface area is 124 Å². The third kappa shape index (κ3) is 4.39. The lowest BCUT2D eigenvalue weighted by Gasteiger charge is -2.09. The van der Waals surface area contributed by atoms with Crippen LogP contribution in [0.1, 0.15) is 24.0 Å². The molecular weight excluding hydrogens is 270 g/mol. The van der Waals surface area contributed by atoms with Crippen molar-refractivity contribution in [3.63, 3.8) is 0 Å². The van der Waals surface area contributed by atoms with Crippen molar-refractivity contribution in [2.75, 3.05) is 5.32 Å². The van der Waals surface area contributed by atoms with Crippen molar-refractivity contribution in [1.82, 2.24) is 0 Å². The molecule has 0 heterocycles. The van der Waals surface area contributed by atoms with Gasteiger partial charge in [0.15, 0.2) is 0 Å². The molecule has 0 aliphatic carbocycles. The maximum Gasteiger partial charge on any atom is 0.224 e. The fourth-order valence-electron chi connectivity index (χ4n) is 2.07. The number of rotatable bonds is 6. The number of benzene rings is 2. The summed E-state index contributed by atoms with van der Waals surface area (Å²) in [6, 6.07) is 17.8. The van der Waals surface area contributed by atoms with E-state index in [4.69, 9.17) is 11.6 Å². The van der Waals surface area contributed by atoms with E-state index >= 15 is 0 Å². The first kappa shape index (κ1) is 14.6. The number of carbonyl (C=O) groups is 1. The van der Waals surface area contributed by atoms with Gasteiger partial charge in [0.25, 0.3) is 0 Å². The second-order valence-electron chi connectivity index (χ2n) is 4.68. The summed E-state index contributed by atoms with van der Waals surface area (Å²) in [6.45, 7) is 0. The number of hydrogen-bond acceptors (Lipinski definition) is 1. The molecule has 0 fully saturated rings. The Bertz CT molecular complexity index is 554. The minimum Gasteiger partial charge on any atom is -0.326 e. The van der Waals surface area contributed by atoms with Gasteiger partial charge in [-0.3, -0.25) is 4.79 Å². The molecule has 0 spiro atoms. The van der Waals surface area contributed by atoms with Crippen LogP contribution in [-0.2, 0) is 17.1 Å². The molecule has 2 aromatic rings. The van der Waals surface area contributed by atoms with E-state index in [0.29, 0.717) is 12.3 Å². The predicted octanol–water partition coefficient (Wildman–Crippen LogP) is 4.39. The van der Waals surface area contributed by atoms with Crippen LogP contribution in [0.5, 0.6) is 0 Å². The Morgan fingerprint density at radius 2 is 1.70 bits per heavy atom. The molecule has 0 unspecified atom stereocenters. The van der Waals surface area contributed by atoms with Crippen molar-refractivity contribution in [3.05, 3.63) is 65.7 Å². The molecule has 0 bridgehead atoms. The summed E-state index contributed by atoms with van der Waals surface area (Å²) in [5.74, 6) is 0.444. The van der Waals surface area contributed by atoms with E-state index in [1.165, 1.54) is 5.56 Å². The average molecular weight is 288 g/mol. The molecule has 1 N–H and O–H groups in total. The first-order chi connectivity index (χ1) is 9.79. The zero-order valence-electron chi connectivity index (χ0n) is 11.3. The van der Waals surface area contributed by atoms with Crippen LogP contribution in [0.3, 0.4) is 0 Å². The molecule has 0 saturated carbocycles. The Balaban J connectivity index is 1.81. The van der Waals surface area contributed by atoms with E-state index in [2.05, 4.69) is 17.4 Å². The van der Waals surface area contributed by atoms with Crippen LogP contribution in [-0.4, -0.2) is 5.91 Å². The van der Waals surface area contributed by atoms with Crippen LogP contribution in [0.25, 0.3) is 0 Å². The van der Waals surface area contributed by atoms with E-state index in [1.807, 2.05) is 42.5 Å². The summed E-state index contributed by atoms with van der Waals surface area (Å²) in [5.41, 5.74) is 3.03. The summed E-state index contributed by atoms with van der Waals surface area (Å²) in [6.07, 6.45) is 2.29. The number of nitrogens with one attached hydrogen (secondary N) is 1. The highest BCUT2D eigenvalue weighted by molar-refractivity contribution is 6.17. The topological polar surface area (TPSA) is 29.1 Å². The lowest BCUT2D eigenvalue weighted by Crippen LogP contribution is -2.12. The van der Waals surface area contributed by atoms with Crippen LogP contribution in [0, 0.1) is 0 Å². The van der Waals surface area contributed by atoms with E-state index < -0.39 is 0 Å². The van der Waals surface area contributed by atoms with Crippen LogP contribution < -0.4 is 5.32 Å². The van der Waals surface area contributed by atoms with Gasteiger partial charge in [0.1, 0.15) is 0 Å². The highest BCUT2D eigenvalue weighted by atomic mass is 35.5. The summed E-state index contributed by atoms with van der Waals surface area (Å²) >= 11 is 5.85. The van der Waals surface area contributed by atoms with Crippen LogP contribution in [0.4, 0.5) is 5.69 Å². The van der Waals surface area contributed by atoms with Crippen LogP contribution >= 0.6 is 11.6 Å². The number of carbonyl (C=O) groups excluding carboxylic acids is 1. The molecule has 0 atom stereocenters. The Morgan fingerprint density at radius 1 is 1.00 bits per heavy atom. The number of halogens is 1. The second kappa shape index (κ2) is 7.71. The third-order valence-electron chi connectivity index (χ3n) is 3.15. The molecule has 0 aliphatic rings. The molecule has 2 rings (SSSR count). The first-order valence-corrected chi connectivity index (χ1v) is 7.30. The smallest absolute Gasteiger partial charge is 0.224 e. The highest BCUT2D eigenvalue weighted by Crippen LogP contribution is 2.17. The molecule has 0 aliphatic heterocycles. The van der Waals surface area contributed by atoms with Gasteiger partial charge in [0, 0.05) is 18.0 Å². The number of amides is 1. The van der Waals surface area contributed by atoms with E-state index in [0.717, 1.165) is 24.1 Å². The number of anilines is 1. The molecule has 104 valence electrons. The molecule has 0 radical (unpaired) electrons. The maximum atomic E-state index is 11.9. The van der Waals surface area contributed by atoms with E-state index in [9.17, 15) is 4.79 Å². The molecule has 1 amide bonds. The zero-order chi connectivity index (χ0) is 14.2. The van der Waals surface area contributed by atoms with Crippen molar-refractivity contribution < 1.29 is 4.79 Å². The quantitative estimate of drug-likeness (QED) is 0.785.